The number of hydrogen-bond donors (Lipinski definition) is 2. The Balaban J connectivity index is 3.09. The molecular weight excluding hydrogens is 220 g/mol. The molecule has 0 aliphatic rings. The van der Waals surface area contributed by atoms with Gasteiger partial charge in [-0.3, -0.25) is 4.79 Å². The Morgan fingerprint density at radius 2 is 2.06 bits per heavy atom. The Hall–Kier alpha value is -1.42. The minimum atomic E-state index is -0.0697. The summed E-state index contributed by atoms with van der Waals surface area (Å²) in [4.78, 5) is 11.9. The van der Waals surface area contributed by atoms with Gasteiger partial charge in [-0.1, -0.05) is 38.2 Å². The van der Waals surface area contributed by atoms with Gasteiger partial charge in [-0.15, -0.1) is 0 Å². The van der Waals surface area contributed by atoms with Gasteiger partial charge in [-0.25, -0.2) is 0 Å². The van der Waals surface area contributed by atoms with E-state index in [9.17, 15) is 4.79 Å². The number of nitrogens with two attached hydrogens (primary N) is 1. The highest BCUT2D eigenvalue weighted by Gasteiger charge is 2.12. The summed E-state index contributed by atoms with van der Waals surface area (Å²) in [6, 6.07) is 5.59. The van der Waals surface area contributed by atoms with Crippen LogP contribution in [0.4, 0.5) is 5.69 Å². The Labute approximate surface area is 101 Å². The topological polar surface area (TPSA) is 55.1 Å². The molecule has 0 heterocycles. The summed E-state index contributed by atoms with van der Waals surface area (Å²) in [7, 11) is 0. The van der Waals surface area contributed by atoms with Crippen LogP contribution in [0.3, 0.4) is 0 Å². The van der Waals surface area contributed by atoms with Crippen LogP contribution in [-0.4, -0.2) is 10.9 Å². The van der Waals surface area contributed by atoms with E-state index in [1.54, 1.807) is 0 Å². The van der Waals surface area contributed by atoms with Gasteiger partial charge in [0.25, 0.3) is 0 Å². The van der Waals surface area contributed by atoms with Gasteiger partial charge in [0.05, 0.1) is 5.69 Å². The van der Waals surface area contributed by atoms with Crippen LogP contribution in [0.1, 0.15) is 25.0 Å². The van der Waals surface area contributed by atoms with Crippen molar-refractivity contribution in [2.75, 3.05) is 5.32 Å². The average molecular weight is 236 g/mol. The number of carbonyl (C=O) groups is 1. The molecular formula is C12H16N2OS. The molecule has 0 saturated carbocycles. The zero-order valence-electron chi connectivity index (χ0n) is 9.70. The van der Waals surface area contributed by atoms with Crippen LogP contribution in [0.5, 0.6) is 0 Å². The van der Waals surface area contributed by atoms with Gasteiger partial charge in [0.15, 0.2) is 0 Å². The van der Waals surface area contributed by atoms with E-state index in [-0.39, 0.29) is 11.8 Å². The molecule has 0 saturated heterocycles. The fourth-order valence-electron chi connectivity index (χ4n) is 1.38. The maximum atomic E-state index is 11.6. The molecule has 0 atom stereocenters. The quantitative estimate of drug-likeness (QED) is 0.791. The average Bonchev–Trinajstić information content (AvgIpc) is 2.16. The zero-order valence-corrected chi connectivity index (χ0v) is 10.5. The number of nitrogens with one attached hydrogen (secondary N) is 1. The lowest BCUT2D eigenvalue weighted by atomic mass is 10.1. The van der Waals surface area contributed by atoms with Crippen molar-refractivity contribution in [3.05, 3.63) is 29.3 Å². The van der Waals surface area contributed by atoms with Gasteiger partial charge < -0.3 is 11.1 Å². The molecule has 0 fully saturated rings. The summed E-state index contributed by atoms with van der Waals surface area (Å²) in [5.41, 5.74) is 8.04. The summed E-state index contributed by atoms with van der Waals surface area (Å²) >= 11 is 4.98. The largest absolute Gasteiger partial charge is 0.389 e. The van der Waals surface area contributed by atoms with Gasteiger partial charge in [-0.2, -0.15) is 0 Å². The van der Waals surface area contributed by atoms with Gasteiger partial charge in [0.1, 0.15) is 4.99 Å². The van der Waals surface area contributed by atoms with E-state index in [0.717, 1.165) is 11.1 Å². The molecule has 3 N–H and O–H groups in total. The van der Waals surface area contributed by atoms with Crippen LogP contribution < -0.4 is 11.1 Å². The molecule has 0 unspecified atom stereocenters. The smallest absolute Gasteiger partial charge is 0.226 e. The van der Waals surface area contributed by atoms with E-state index < -0.39 is 0 Å². The molecule has 0 bridgehead atoms. The molecule has 0 aliphatic heterocycles. The predicted molar refractivity (Wildman–Crippen MR) is 70.5 cm³/mol. The predicted octanol–water partition coefficient (Wildman–Crippen LogP) is 2.22. The van der Waals surface area contributed by atoms with Crippen molar-refractivity contribution >= 4 is 28.8 Å². The molecule has 0 aliphatic carbocycles. The minimum absolute atomic E-state index is 0.0388. The van der Waals surface area contributed by atoms with Gasteiger partial charge in [0.2, 0.25) is 5.91 Å². The zero-order chi connectivity index (χ0) is 12.3. The summed E-state index contributed by atoms with van der Waals surface area (Å²) in [5.74, 6) is -0.109. The van der Waals surface area contributed by atoms with Crippen molar-refractivity contribution in [2.24, 2.45) is 11.7 Å². The summed E-state index contributed by atoms with van der Waals surface area (Å²) < 4.78 is 0. The van der Waals surface area contributed by atoms with Gasteiger partial charge >= 0.3 is 0 Å². The van der Waals surface area contributed by atoms with Crippen LogP contribution in [0.15, 0.2) is 18.2 Å². The van der Waals surface area contributed by atoms with E-state index in [1.807, 2.05) is 39.0 Å². The lowest BCUT2D eigenvalue weighted by Gasteiger charge is -2.13. The second-order valence-corrected chi connectivity index (χ2v) is 4.45. The molecule has 0 radical (unpaired) electrons. The lowest BCUT2D eigenvalue weighted by Crippen LogP contribution is -2.21. The van der Waals surface area contributed by atoms with Crippen molar-refractivity contribution < 1.29 is 4.79 Å². The number of hydrogen-bond acceptors (Lipinski definition) is 2. The first-order valence-electron chi connectivity index (χ1n) is 5.13. The molecule has 16 heavy (non-hydrogen) atoms. The molecule has 1 rings (SSSR count). The van der Waals surface area contributed by atoms with E-state index >= 15 is 0 Å². The number of thiocarbonyl (C=S) groups is 1. The normalized spacial score (nSPS) is 10.2. The minimum Gasteiger partial charge on any atom is -0.389 e. The number of amides is 1. The van der Waals surface area contributed by atoms with Crippen molar-refractivity contribution in [3.63, 3.8) is 0 Å². The maximum Gasteiger partial charge on any atom is 0.226 e. The number of rotatable bonds is 3. The number of aryl methyl sites for hydroxylation is 1. The van der Waals surface area contributed by atoms with Crippen LogP contribution in [0, 0.1) is 12.8 Å². The van der Waals surface area contributed by atoms with Crippen LogP contribution in [0.2, 0.25) is 0 Å². The van der Waals surface area contributed by atoms with Crippen LogP contribution in [0.25, 0.3) is 0 Å². The highest BCUT2D eigenvalue weighted by Crippen LogP contribution is 2.20. The Morgan fingerprint density at radius 3 is 2.56 bits per heavy atom. The molecule has 0 spiro atoms. The second kappa shape index (κ2) is 5.07. The first-order valence-corrected chi connectivity index (χ1v) is 5.54. The molecule has 1 aromatic rings. The van der Waals surface area contributed by atoms with Crippen molar-refractivity contribution in [1.29, 1.82) is 0 Å². The molecule has 1 aromatic carbocycles. The number of anilines is 1. The lowest BCUT2D eigenvalue weighted by molar-refractivity contribution is -0.118. The van der Waals surface area contributed by atoms with Gasteiger partial charge in [-0.05, 0) is 18.6 Å². The highest BCUT2D eigenvalue weighted by molar-refractivity contribution is 7.80. The molecule has 86 valence electrons. The Bertz CT molecular complexity index is 427. The van der Waals surface area contributed by atoms with Crippen molar-refractivity contribution in [2.45, 2.75) is 20.8 Å². The molecule has 0 aromatic heterocycles. The first kappa shape index (κ1) is 12.6. The van der Waals surface area contributed by atoms with E-state index in [1.165, 1.54) is 0 Å². The molecule has 4 heteroatoms. The third kappa shape index (κ3) is 2.79. The van der Waals surface area contributed by atoms with Gasteiger partial charge in [0, 0.05) is 11.5 Å². The first-order chi connectivity index (χ1) is 7.43. The Kier molecular flexibility index (Phi) is 4.01. The molecule has 1 amide bonds. The van der Waals surface area contributed by atoms with Crippen LogP contribution >= 0.6 is 12.2 Å². The SMILES string of the molecule is Cc1cccc(NC(=O)C(C)C)c1C(N)=S. The monoisotopic (exact) mass is 236 g/mol. The third-order valence-electron chi connectivity index (χ3n) is 2.30. The number of benzene rings is 1. The maximum absolute atomic E-state index is 11.6. The summed E-state index contributed by atoms with van der Waals surface area (Å²) in [6.45, 7) is 5.59. The Morgan fingerprint density at radius 1 is 1.44 bits per heavy atom. The fraction of sp³-hybridized carbons (Fsp3) is 0.333. The second-order valence-electron chi connectivity index (χ2n) is 4.01. The van der Waals surface area contributed by atoms with Crippen molar-refractivity contribution in [3.8, 4) is 0 Å². The van der Waals surface area contributed by atoms with E-state index in [0.29, 0.717) is 10.7 Å². The highest BCUT2D eigenvalue weighted by atomic mass is 32.1. The fourth-order valence-corrected chi connectivity index (χ4v) is 1.65. The van der Waals surface area contributed by atoms with Crippen molar-refractivity contribution in [1.82, 2.24) is 0 Å². The van der Waals surface area contributed by atoms with Crippen LogP contribution in [-0.2, 0) is 4.79 Å². The van der Waals surface area contributed by atoms with E-state index in [2.05, 4.69) is 5.32 Å². The third-order valence-corrected chi connectivity index (χ3v) is 2.51. The summed E-state index contributed by atoms with van der Waals surface area (Å²) in [5, 5.41) is 2.83. The standard InChI is InChI=1S/C12H16N2OS/c1-7(2)12(15)14-9-6-4-5-8(3)10(9)11(13)16/h4-7H,1-3H3,(H2,13,16)(H,14,15). The summed E-state index contributed by atoms with van der Waals surface area (Å²) in [6.07, 6.45) is 0. The number of carbonyl (C=O) groups excluding carboxylic acids is 1. The molecule has 3 nitrogen and oxygen atoms in total. The van der Waals surface area contributed by atoms with E-state index in [4.69, 9.17) is 18.0 Å².